The van der Waals surface area contributed by atoms with Crippen LogP contribution >= 0.6 is 0 Å². The number of hydrogen-bond donors (Lipinski definition) is 0. The van der Waals surface area contributed by atoms with Gasteiger partial charge in [0.05, 0.1) is 77.1 Å². The molecule has 2 aromatic carbocycles. The summed E-state index contributed by atoms with van der Waals surface area (Å²) in [6, 6.07) is 11.9. The summed E-state index contributed by atoms with van der Waals surface area (Å²) < 4.78 is 30.2. The molecule has 1 aliphatic carbocycles. The second-order valence-corrected chi connectivity index (χ2v) is 11.2. The lowest BCUT2D eigenvalue weighted by Crippen LogP contribution is -2.59. The Bertz CT molecular complexity index is 1310. The first-order chi connectivity index (χ1) is 20.4. The van der Waals surface area contributed by atoms with Crippen molar-refractivity contribution in [3.05, 3.63) is 53.6 Å². The zero-order valence-electron chi connectivity index (χ0n) is 25.1. The third kappa shape index (κ3) is 6.41. The summed E-state index contributed by atoms with van der Waals surface area (Å²) in [6.45, 7) is 12.6. The summed E-state index contributed by atoms with van der Waals surface area (Å²) >= 11 is 0. The maximum atomic E-state index is 13.6. The molecule has 42 heavy (non-hydrogen) atoms. The molecule has 0 N–H and O–H groups in total. The van der Waals surface area contributed by atoms with Gasteiger partial charge in [0.15, 0.2) is 17.3 Å². The smallest absolute Gasteiger partial charge is 0.210 e. The predicted molar refractivity (Wildman–Crippen MR) is 160 cm³/mol. The van der Waals surface area contributed by atoms with Gasteiger partial charge in [0, 0.05) is 30.8 Å². The molecule has 2 fully saturated rings. The van der Waals surface area contributed by atoms with Crippen molar-refractivity contribution < 1.29 is 37.8 Å². The van der Waals surface area contributed by atoms with E-state index in [1.54, 1.807) is 0 Å². The topological polar surface area (TPSA) is 86.5 Å². The first-order valence-corrected chi connectivity index (χ1v) is 15.0. The van der Waals surface area contributed by atoms with Gasteiger partial charge in [-0.1, -0.05) is 24.3 Å². The van der Waals surface area contributed by atoms with E-state index >= 15 is 0 Å². The summed E-state index contributed by atoms with van der Waals surface area (Å²) in [4.78, 5) is 29.0. The number of ether oxygens (including phenoxy) is 5. The zero-order valence-corrected chi connectivity index (χ0v) is 25.1. The van der Waals surface area contributed by atoms with Crippen molar-refractivity contribution in [2.75, 3.05) is 85.7 Å². The summed E-state index contributed by atoms with van der Waals surface area (Å²) in [5, 5.41) is 2.38. The Morgan fingerprint density at radius 1 is 0.786 bits per heavy atom. The molecule has 3 aliphatic rings. The molecule has 9 nitrogen and oxygen atoms in total. The maximum absolute atomic E-state index is 13.6. The van der Waals surface area contributed by atoms with Crippen LogP contribution in [0.4, 0.5) is 5.69 Å². The summed E-state index contributed by atoms with van der Waals surface area (Å²) in [5.74, 6) is -0.289. The largest absolute Gasteiger partial charge is 0.378 e. The number of rotatable bonds is 3. The summed E-state index contributed by atoms with van der Waals surface area (Å²) in [7, 11) is 0. The molecule has 0 unspecified atom stereocenters. The Morgan fingerprint density at radius 2 is 1.31 bits per heavy atom. The minimum atomic E-state index is -0.818. The van der Waals surface area contributed by atoms with Crippen molar-refractivity contribution in [3.8, 4) is 0 Å². The average Bonchev–Trinajstić information content (AvgIpc) is 3.22. The van der Waals surface area contributed by atoms with Gasteiger partial charge in [-0.15, -0.1) is 0 Å². The number of benzene rings is 2. The van der Waals surface area contributed by atoms with Crippen LogP contribution in [0.5, 0.6) is 0 Å². The summed E-state index contributed by atoms with van der Waals surface area (Å²) in [6.07, 6.45) is 1.84. The zero-order chi connectivity index (χ0) is 29.5. The van der Waals surface area contributed by atoms with Gasteiger partial charge in [-0.25, -0.2) is 0 Å². The fourth-order valence-corrected chi connectivity index (χ4v) is 6.12. The van der Waals surface area contributed by atoms with Crippen molar-refractivity contribution in [3.63, 3.8) is 0 Å². The number of allylic oxidation sites excluding steroid dienone is 1. The first kappa shape index (κ1) is 30.7. The van der Waals surface area contributed by atoms with Crippen molar-refractivity contribution in [1.29, 1.82) is 0 Å². The number of fused-ring (bicyclic) bond motifs is 3. The molecule has 9 heteroatoms. The predicted octanol–water partition coefficient (Wildman–Crippen LogP) is 3.08. The molecular weight excluding hydrogens is 536 g/mol. The third-order valence-corrected chi connectivity index (χ3v) is 8.28. The monoisotopic (exact) mass is 579 g/mol. The van der Waals surface area contributed by atoms with Gasteiger partial charge >= 0.3 is 0 Å². The Hall–Kier alpha value is -2.79. The molecule has 0 amide bonds. The SMILES string of the molecule is CC[N+]1=C(C=C2C(=O)C(N3CCOCCOCCOCCOCCOCC3)C2=O)C(C)(C)c2c1ccc1ccccc21. The fourth-order valence-electron chi connectivity index (χ4n) is 6.12. The van der Waals surface area contributed by atoms with Crippen LogP contribution < -0.4 is 0 Å². The standard InChI is InChI=1S/C33H43N2O7/c1-4-35-27-10-9-24-7-5-6-8-25(24)29(27)33(2,3)28(35)23-26-31(36)30(32(26)37)34-11-13-38-15-17-40-19-21-42-22-20-41-18-16-39-14-12-34/h5-10,23,30H,4,11-22H2,1-3H3/q+1. The van der Waals surface area contributed by atoms with Crippen LogP contribution in [0.15, 0.2) is 48.0 Å². The van der Waals surface area contributed by atoms with Gasteiger partial charge in [-0.3, -0.25) is 14.5 Å². The minimum absolute atomic E-state index is 0.144. The number of ketones is 2. The fraction of sp³-hybridized carbons (Fsp3) is 0.545. The Kier molecular flexibility index (Phi) is 10.3. The van der Waals surface area contributed by atoms with E-state index in [0.717, 1.165) is 17.9 Å². The second kappa shape index (κ2) is 14.1. The molecule has 2 aliphatic heterocycles. The molecule has 0 spiro atoms. The lowest BCUT2D eigenvalue weighted by atomic mass is 9.75. The number of hydrogen-bond acceptors (Lipinski definition) is 8. The number of carbonyl (C=O) groups is 2. The quantitative estimate of drug-likeness (QED) is 0.237. The highest BCUT2D eigenvalue weighted by molar-refractivity contribution is 6.43. The Morgan fingerprint density at radius 3 is 1.86 bits per heavy atom. The molecule has 0 aromatic heterocycles. The molecule has 5 rings (SSSR count). The van der Waals surface area contributed by atoms with Gasteiger partial charge in [0.25, 0.3) is 0 Å². The van der Waals surface area contributed by atoms with Crippen molar-refractivity contribution in [2.24, 2.45) is 0 Å². The van der Waals surface area contributed by atoms with E-state index in [2.05, 4.69) is 55.7 Å². The van der Waals surface area contributed by atoms with E-state index in [4.69, 9.17) is 23.7 Å². The van der Waals surface area contributed by atoms with Gasteiger partial charge in [0.2, 0.25) is 5.69 Å². The van der Waals surface area contributed by atoms with Gasteiger partial charge in [-0.2, -0.15) is 4.58 Å². The van der Waals surface area contributed by atoms with Crippen molar-refractivity contribution in [2.45, 2.75) is 32.2 Å². The minimum Gasteiger partial charge on any atom is -0.378 e. The van der Waals surface area contributed by atoms with Gasteiger partial charge < -0.3 is 23.7 Å². The highest BCUT2D eigenvalue weighted by Crippen LogP contribution is 2.44. The van der Waals surface area contributed by atoms with Crippen LogP contribution in [0.3, 0.4) is 0 Å². The molecule has 1 saturated heterocycles. The van der Waals surface area contributed by atoms with E-state index < -0.39 is 6.04 Å². The van der Waals surface area contributed by atoms with E-state index in [0.29, 0.717) is 79.2 Å². The lowest BCUT2D eigenvalue weighted by Gasteiger charge is -2.36. The molecular formula is C33H43N2O7+. The Labute approximate surface area is 248 Å². The van der Waals surface area contributed by atoms with Crippen LogP contribution in [-0.4, -0.2) is 118 Å². The highest BCUT2D eigenvalue weighted by atomic mass is 16.6. The van der Waals surface area contributed by atoms with E-state index in [-0.39, 0.29) is 22.6 Å². The number of carbonyl (C=O) groups excluding carboxylic acids is 2. The second-order valence-electron chi connectivity index (χ2n) is 11.2. The molecule has 0 atom stereocenters. The summed E-state index contributed by atoms with van der Waals surface area (Å²) in [5.41, 5.74) is 3.23. The van der Waals surface area contributed by atoms with Gasteiger partial charge in [0.1, 0.15) is 12.6 Å². The van der Waals surface area contributed by atoms with E-state index in [1.807, 2.05) is 17.0 Å². The van der Waals surface area contributed by atoms with Crippen LogP contribution in [0.25, 0.3) is 10.8 Å². The molecule has 226 valence electrons. The van der Waals surface area contributed by atoms with Crippen LogP contribution in [0, 0.1) is 0 Å². The first-order valence-electron chi connectivity index (χ1n) is 15.0. The molecule has 2 aromatic rings. The lowest BCUT2D eigenvalue weighted by molar-refractivity contribution is -0.433. The van der Waals surface area contributed by atoms with Crippen molar-refractivity contribution >= 4 is 33.7 Å². The van der Waals surface area contributed by atoms with E-state index in [9.17, 15) is 9.59 Å². The number of Topliss-reactive ketones (excluding diaryl/α,β-unsaturated/α-hetero) is 2. The van der Waals surface area contributed by atoms with E-state index in [1.165, 1.54) is 16.3 Å². The normalized spacial score (nSPS) is 23.8. The van der Waals surface area contributed by atoms with Crippen LogP contribution in [-0.2, 0) is 38.7 Å². The van der Waals surface area contributed by atoms with Crippen molar-refractivity contribution in [1.82, 2.24) is 4.90 Å². The third-order valence-electron chi connectivity index (χ3n) is 8.28. The molecule has 0 bridgehead atoms. The molecule has 0 radical (unpaired) electrons. The Balaban J connectivity index is 1.31. The highest BCUT2D eigenvalue weighted by Gasteiger charge is 2.51. The number of nitrogens with zero attached hydrogens (tertiary/aromatic N) is 2. The average molecular weight is 580 g/mol. The maximum Gasteiger partial charge on any atom is 0.210 e. The van der Waals surface area contributed by atoms with Crippen LogP contribution in [0.2, 0.25) is 0 Å². The molecule has 1 saturated carbocycles. The van der Waals surface area contributed by atoms with Crippen LogP contribution in [0.1, 0.15) is 26.3 Å². The van der Waals surface area contributed by atoms with Gasteiger partial charge in [-0.05, 0) is 37.6 Å². The molecule has 2 heterocycles.